The SMILES string of the molecule is Cc1noc(C)c1COC(=O)/C(C#N)=C/c1cc(C)n(-c2ccc(Cl)c(C(F)(F)F)c2)c1C. The molecule has 3 aromatic rings. The molecule has 0 unspecified atom stereocenters. The molecule has 0 aliphatic heterocycles. The Bertz CT molecular complexity index is 1280. The van der Waals surface area contributed by atoms with E-state index in [4.69, 9.17) is 20.9 Å². The second-order valence-corrected chi connectivity index (χ2v) is 7.78. The van der Waals surface area contributed by atoms with Crippen LogP contribution in [0.1, 0.15) is 39.5 Å². The number of nitriles is 1. The Hall–Kier alpha value is -3.51. The van der Waals surface area contributed by atoms with E-state index in [1.54, 1.807) is 38.3 Å². The number of benzene rings is 1. The summed E-state index contributed by atoms with van der Waals surface area (Å²) in [6, 6.07) is 7.08. The first kappa shape index (κ1) is 24.1. The Balaban J connectivity index is 1.92. The monoisotopic (exact) mass is 477 g/mol. The lowest BCUT2D eigenvalue weighted by atomic mass is 10.1. The molecule has 0 N–H and O–H groups in total. The summed E-state index contributed by atoms with van der Waals surface area (Å²) < 4.78 is 51.7. The molecule has 0 fully saturated rings. The summed E-state index contributed by atoms with van der Waals surface area (Å²) in [7, 11) is 0. The molecule has 0 saturated carbocycles. The molecule has 0 bridgehead atoms. The van der Waals surface area contributed by atoms with Gasteiger partial charge in [0.1, 0.15) is 24.0 Å². The van der Waals surface area contributed by atoms with Crippen molar-refractivity contribution in [2.75, 3.05) is 0 Å². The van der Waals surface area contributed by atoms with Gasteiger partial charge in [0.25, 0.3) is 0 Å². The minimum absolute atomic E-state index is 0.108. The summed E-state index contributed by atoms with van der Waals surface area (Å²) in [5.41, 5.74) is 1.86. The maximum Gasteiger partial charge on any atom is 0.417 e. The number of aromatic nitrogens is 2. The van der Waals surface area contributed by atoms with E-state index >= 15 is 0 Å². The lowest BCUT2D eigenvalue weighted by Crippen LogP contribution is -2.08. The quantitative estimate of drug-likeness (QED) is 0.255. The predicted octanol–water partition coefficient (Wildman–Crippen LogP) is 6.02. The molecule has 6 nitrogen and oxygen atoms in total. The van der Waals surface area contributed by atoms with E-state index < -0.39 is 22.7 Å². The highest BCUT2D eigenvalue weighted by molar-refractivity contribution is 6.31. The normalized spacial score (nSPS) is 12.0. The van der Waals surface area contributed by atoms with Gasteiger partial charge in [-0.25, -0.2) is 4.79 Å². The van der Waals surface area contributed by atoms with Crippen LogP contribution in [0.4, 0.5) is 13.2 Å². The predicted molar refractivity (Wildman–Crippen MR) is 115 cm³/mol. The number of esters is 1. The Morgan fingerprint density at radius 1 is 1.27 bits per heavy atom. The number of carbonyl (C=O) groups excluding carboxylic acids is 1. The number of rotatable bonds is 5. The van der Waals surface area contributed by atoms with Gasteiger partial charge in [0.05, 0.1) is 21.8 Å². The molecule has 0 aliphatic carbocycles. The maximum atomic E-state index is 13.3. The number of ether oxygens (including phenoxy) is 1. The van der Waals surface area contributed by atoms with E-state index in [9.17, 15) is 23.2 Å². The fraction of sp³-hybridized carbons (Fsp3) is 0.261. The van der Waals surface area contributed by atoms with E-state index in [2.05, 4.69) is 5.16 Å². The summed E-state index contributed by atoms with van der Waals surface area (Å²) in [5.74, 6) is -0.333. The Kier molecular flexibility index (Phi) is 6.70. The summed E-state index contributed by atoms with van der Waals surface area (Å²) in [4.78, 5) is 12.5. The number of carbonyl (C=O) groups is 1. The van der Waals surface area contributed by atoms with Crippen LogP contribution in [-0.4, -0.2) is 15.7 Å². The Labute approximate surface area is 192 Å². The van der Waals surface area contributed by atoms with Gasteiger partial charge in [-0.1, -0.05) is 16.8 Å². The van der Waals surface area contributed by atoms with E-state index in [-0.39, 0.29) is 17.9 Å². The molecule has 3 rings (SSSR count). The summed E-state index contributed by atoms with van der Waals surface area (Å²) in [5, 5.41) is 12.8. The highest BCUT2D eigenvalue weighted by Crippen LogP contribution is 2.36. The summed E-state index contributed by atoms with van der Waals surface area (Å²) in [6.07, 6.45) is -3.27. The van der Waals surface area contributed by atoms with E-state index in [0.717, 1.165) is 6.07 Å². The van der Waals surface area contributed by atoms with Gasteiger partial charge in [-0.2, -0.15) is 18.4 Å². The van der Waals surface area contributed by atoms with Crippen molar-refractivity contribution in [1.29, 1.82) is 5.26 Å². The van der Waals surface area contributed by atoms with Crippen molar-refractivity contribution >= 4 is 23.6 Å². The molecule has 33 heavy (non-hydrogen) atoms. The molecule has 2 heterocycles. The minimum Gasteiger partial charge on any atom is -0.456 e. The molecule has 0 radical (unpaired) electrons. The summed E-state index contributed by atoms with van der Waals surface area (Å²) >= 11 is 5.73. The zero-order valence-corrected chi connectivity index (χ0v) is 18.9. The standard InChI is InChI=1S/C23H19ClF3N3O3/c1-12-7-16(8-17(10-28)22(31)32-11-19-13(2)29-33-15(19)4)14(3)30(12)18-5-6-21(24)20(9-18)23(25,26)27/h5-9H,11H2,1-4H3/b17-8+. The number of alkyl halides is 3. The highest BCUT2D eigenvalue weighted by atomic mass is 35.5. The maximum absolute atomic E-state index is 13.3. The van der Waals surface area contributed by atoms with Gasteiger partial charge in [0.2, 0.25) is 0 Å². The smallest absolute Gasteiger partial charge is 0.417 e. The van der Waals surface area contributed by atoms with Crippen molar-refractivity contribution in [3.05, 3.63) is 74.4 Å². The second-order valence-electron chi connectivity index (χ2n) is 7.37. The van der Waals surface area contributed by atoms with Crippen LogP contribution in [0.2, 0.25) is 5.02 Å². The summed E-state index contributed by atoms with van der Waals surface area (Å²) in [6.45, 7) is 6.65. The zero-order chi connectivity index (χ0) is 24.5. The van der Waals surface area contributed by atoms with Crippen molar-refractivity contribution in [3.63, 3.8) is 0 Å². The largest absolute Gasteiger partial charge is 0.456 e. The first-order chi connectivity index (χ1) is 15.4. The topological polar surface area (TPSA) is 81.1 Å². The van der Waals surface area contributed by atoms with Crippen molar-refractivity contribution in [2.24, 2.45) is 0 Å². The van der Waals surface area contributed by atoms with E-state index in [1.165, 1.54) is 18.2 Å². The van der Waals surface area contributed by atoms with Crippen LogP contribution in [0.25, 0.3) is 11.8 Å². The van der Waals surface area contributed by atoms with Crippen LogP contribution >= 0.6 is 11.6 Å². The number of hydrogen-bond acceptors (Lipinski definition) is 5. The third-order valence-electron chi connectivity index (χ3n) is 5.15. The minimum atomic E-state index is -4.61. The number of halogens is 4. The molecule has 172 valence electrons. The fourth-order valence-electron chi connectivity index (χ4n) is 3.42. The Morgan fingerprint density at radius 3 is 2.55 bits per heavy atom. The third kappa shape index (κ3) is 4.96. The molecule has 2 aromatic heterocycles. The molecule has 0 aliphatic rings. The molecular formula is C23H19ClF3N3O3. The van der Waals surface area contributed by atoms with Crippen LogP contribution in [0.15, 0.2) is 34.4 Å². The molecule has 0 amide bonds. The van der Waals surface area contributed by atoms with Gasteiger partial charge in [0, 0.05) is 17.1 Å². The van der Waals surface area contributed by atoms with Gasteiger partial charge in [0.15, 0.2) is 0 Å². The molecule has 1 aromatic carbocycles. The number of aryl methyl sites for hydroxylation is 3. The van der Waals surface area contributed by atoms with E-state index in [1.807, 2.05) is 6.07 Å². The van der Waals surface area contributed by atoms with Crippen LogP contribution < -0.4 is 0 Å². The van der Waals surface area contributed by atoms with Crippen LogP contribution in [0.3, 0.4) is 0 Å². The van der Waals surface area contributed by atoms with E-state index in [0.29, 0.717) is 34.0 Å². The zero-order valence-electron chi connectivity index (χ0n) is 18.2. The van der Waals surface area contributed by atoms with Crippen molar-refractivity contribution in [3.8, 4) is 11.8 Å². The third-order valence-corrected chi connectivity index (χ3v) is 5.48. The van der Waals surface area contributed by atoms with Crippen LogP contribution in [0, 0.1) is 39.0 Å². The number of hydrogen-bond donors (Lipinski definition) is 0. The molecule has 0 saturated heterocycles. The fourth-order valence-corrected chi connectivity index (χ4v) is 3.64. The van der Waals surface area contributed by atoms with Crippen molar-refractivity contribution in [1.82, 2.24) is 9.72 Å². The van der Waals surface area contributed by atoms with Gasteiger partial charge in [-0.15, -0.1) is 0 Å². The van der Waals surface area contributed by atoms with Crippen LogP contribution in [-0.2, 0) is 22.3 Å². The molecule has 0 atom stereocenters. The highest BCUT2D eigenvalue weighted by Gasteiger charge is 2.33. The first-order valence-corrected chi connectivity index (χ1v) is 10.1. The molecular weight excluding hydrogens is 459 g/mol. The molecule has 10 heteroatoms. The molecule has 0 spiro atoms. The second kappa shape index (κ2) is 9.16. The first-order valence-electron chi connectivity index (χ1n) is 9.70. The average Bonchev–Trinajstić information content (AvgIpc) is 3.21. The van der Waals surface area contributed by atoms with Crippen LogP contribution in [0.5, 0.6) is 0 Å². The number of nitrogens with zero attached hydrogens (tertiary/aromatic N) is 3. The lowest BCUT2D eigenvalue weighted by molar-refractivity contribution is -0.140. The average molecular weight is 478 g/mol. The van der Waals surface area contributed by atoms with Gasteiger partial charge >= 0.3 is 12.1 Å². The van der Waals surface area contributed by atoms with Crippen molar-refractivity contribution < 1.29 is 27.2 Å². The Morgan fingerprint density at radius 2 is 1.97 bits per heavy atom. The lowest BCUT2D eigenvalue weighted by Gasteiger charge is -2.14. The van der Waals surface area contributed by atoms with Gasteiger partial charge in [-0.05, 0) is 63.6 Å². The van der Waals surface area contributed by atoms with Gasteiger partial charge < -0.3 is 13.8 Å². The van der Waals surface area contributed by atoms with Crippen molar-refractivity contribution in [2.45, 2.75) is 40.5 Å². The van der Waals surface area contributed by atoms with Gasteiger partial charge in [-0.3, -0.25) is 0 Å².